The van der Waals surface area contributed by atoms with E-state index in [4.69, 9.17) is 10.4 Å². The summed E-state index contributed by atoms with van der Waals surface area (Å²) in [4.78, 5) is 10.8. The van der Waals surface area contributed by atoms with Gasteiger partial charge in [-0.25, -0.2) is 13.6 Å². The van der Waals surface area contributed by atoms with E-state index >= 15 is 0 Å². The van der Waals surface area contributed by atoms with Gasteiger partial charge in [0.2, 0.25) is 0 Å². The van der Waals surface area contributed by atoms with Gasteiger partial charge in [0.05, 0.1) is 17.2 Å². The standard InChI is InChI=1S/C10H6BrF2NO2/c11-3-8-6(4-14)1-5(9(12)13)2-7(8)10(15)16/h1-2,9H,3H2,(H,15,16). The molecule has 0 bridgehead atoms. The Balaban J connectivity index is 3.51. The zero-order valence-corrected chi connectivity index (χ0v) is 9.46. The summed E-state index contributed by atoms with van der Waals surface area (Å²) in [6.45, 7) is 0. The lowest BCUT2D eigenvalue weighted by Gasteiger charge is -2.08. The minimum absolute atomic E-state index is 0.0490. The van der Waals surface area contributed by atoms with Crippen molar-refractivity contribution in [1.82, 2.24) is 0 Å². The first kappa shape index (κ1) is 12.6. The zero-order chi connectivity index (χ0) is 12.3. The Labute approximate surface area is 98.4 Å². The molecule has 0 unspecified atom stereocenters. The maximum atomic E-state index is 12.4. The van der Waals surface area contributed by atoms with Crippen LogP contribution in [0.4, 0.5) is 8.78 Å². The first-order valence-corrected chi connectivity index (χ1v) is 5.27. The van der Waals surface area contributed by atoms with E-state index in [9.17, 15) is 13.6 Å². The molecule has 0 spiro atoms. The van der Waals surface area contributed by atoms with Crippen LogP contribution in [0.5, 0.6) is 0 Å². The predicted molar refractivity (Wildman–Crippen MR) is 55.7 cm³/mol. The third kappa shape index (κ3) is 2.36. The first-order valence-electron chi connectivity index (χ1n) is 4.15. The van der Waals surface area contributed by atoms with Crippen LogP contribution in [0.15, 0.2) is 12.1 Å². The molecule has 6 heteroatoms. The molecular weight excluding hydrogens is 284 g/mol. The molecule has 0 aromatic heterocycles. The summed E-state index contributed by atoms with van der Waals surface area (Å²) >= 11 is 3.03. The number of nitrogens with zero attached hydrogens (tertiary/aromatic N) is 1. The Kier molecular flexibility index (Phi) is 3.96. The van der Waals surface area contributed by atoms with Gasteiger partial charge >= 0.3 is 5.97 Å². The lowest BCUT2D eigenvalue weighted by atomic mass is 9.99. The highest BCUT2D eigenvalue weighted by atomic mass is 79.9. The Morgan fingerprint density at radius 3 is 2.56 bits per heavy atom. The van der Waals surface area contributed by atoms with Crippen molar-refractivity contribution >= 4 is 21.9 Å². The van der Waals surface area contributed by atoms with Gasteiger partial charge in [-0.2, -0.15) is 5.26 Å². The van der Waals surface area contributed by atoms with Crippen molar-refractivity contribution in [3.05, 3.63) is 34.4 Å². The van der Waals surface area contributed by atoms with Crippen LogP contribution in [-0.4, -0.2) is 11.1 Å². The minimum Gasteiger partial charge on any atom is -0.478 e. The molecule has 0 aliphatic heterocycles. The fourth-order valence-corrected chi connectivity index (χ4v) is 1.86. The van der Waals surface area contributed by atoms with Gasteiger partial charge in [-0.1, -0.05) is 15.9 Å². The number of halogens is 3. The van der Waals surface area contributed by atoms with Crippen LogP contribution in [0.3, 0.4) is 0 Å². The Morgan fingerprint density at radius 2 is 2.19 bits per heavy atom. The van der Waals surface area contributed by atoms with Crippen LogP contribution in [0.2, 0.25) is 0 Å². The van der Waals surface area contributed by atoms with Gasteiger partial charge in [0, 0.05) is 10.9 Å². The van der Waals surface area contributed by atoms with Crippen molar-refractivity contribution in [3.8, 4) is 6.07 Å². The van der Waals surface area contributed by atoms with E-state index in [2.05, 4.69) is 15.9 Å². The van der Waals surface area contributed by atoms with Gasteiger partial charge in [0.1, 0.15) is 0 Å². The number of nitriles is 1. The molecule has 0 saturated carbocycles. The molecule has 0 aliphatic carbocycles. The highest BCUT2D eigenvalue weighted by Crippen LogP contribution is 2.26. The summed E-state index contributed by atoms with van der Waals surface area (Å²) in [5.74, 6) is -1.33. The van der Waals surface area contributed by atoms with Crippen molar-refractivity contribution < 1.29 is 18.7 Å². The second-order valence-corrected chi connectivity index (χ2v) is 3.51. The van der Waals surface area contributed by atoms with Gasteiger partial charge < -0.3 is 5.11 Å². The van der Waals surface area contributed by atoms with Gasteiger partial charge in [0.25, 0.3) is 6.43 Å². The average molecular weight is 290 g/mol. The monoisotopic (exact) mass is 289 g/mol. The largest absolute Gasteiger partial charge is 0.478 e. The van der Waals surface area contributed by atoms with E-state index in [1.807, 2.05) is 0 Å². The lowest BCUT2D eigenvalue weighted by molar-refractivity contribution is 0.0695. The Bertz CT molecular complexity index is 469. The Hall–Kier alpha value is -1.48. The number of alkyl halides is 3. The van der Waals surface area contributed by atoms with Crippen molar-refractivity contribution in [3.63, 3.8) is 0 Å². The molecule has 0 amide bonds. The molecule has 1 aromatic carbocycles. The van der Waals surface area contributed by atoms with Crippen LogP contribution in [0.1, 0.15) is 33.5 Å². The highest BCUT2D eigenvalue weighted by Gasteiger charge is 2.18. The normalized spacial score (nSPS) is 10.2. The number of benzene rings is 1. The zero-order valence-electron chi connectivity index (χ0n) is 7.88. The van der Waals surface area contributed by atoms with Crippen LogP contribution in [0.25, 0.3) is 0 Å². The van der Waals surface area contributed by atoms with Gasteiger partial charge in [-0.05, 0) is 17.7 Å². The second-order valence-electron chi connectivity index (χ2n) is 2.95. The molecule has 84 valence electrons. The molecule has 0 fully saturated rings. The second kappa shape index (κ2) is 5.03. The van der Waals surface area contributed by atoms with Crippen LogP contribution >= 0.6 is 15.9 Å². The maximum Gasteiger partial charge on any atom is 0.336 e. The van der Waals surface area contributed by atoms with Gasteiger partial charge in [-0.3, -0.25) is 0 Å². The SMILES string of the molecule is N#Cc1cc(C(F)F)cc(C(=O)O)c1CBr. The van der Waals surface area contributed by atoms with Crippen molar-refractivity contribution in [2.45, 2.75) is 11.8 Å². The van der Waals surface area contributed by atoms with Crippen molar-refractivity contribution in [2.24, 2.45) is 0 Å². The van der Waals surface area contributed by atoms with Gasteiger partial charge in [0.15, 0.2) is 0 Å². The quantitative estimate of drug-likeness (QED) is 0.870. The number of carbonyl (C=O) groups is 1. The molecule has 0 saturated heterocycles. The first-order chi connectivity index (χ1) is 7.51. The molecule has 1 aromatic rings. The molecule has 0 atom stereocenters. The topological polar surface area (TPSA) is 61.1 Å². The molecule has 1 N–H and O–H groups in total. The summed E-state index contributed by atoms with van der Waals surface area (Å²) in [7, 11) is 0. The van der Waals surface area contributed by atoms with E-state index < -0.39 is 18.0 Å². The fraction of sp³-hybridized carbons (Fsp3) is 0.200. The van der Waals surface area contributed by atoms with E-state index in [0.29, 0.717) is 0 Å². The highest BCUT2D eigenvalue weighted by molar-refractivity contribution is 9.08. The van der Waals surface area contributed by atoms with E-state index in [-0.39, 0.29) is 22.0 Å². The molecule has 1 rings (SSSR count). The van der Waals surface area contributed by atoms with E-state index in [0.717, 1.165) is 12.1 Å². The summed E-state index contributed by atoms with van der Waals surface area (Å²) in [5.41, 5.74) is -0.573. The summed E-state index contributed by atoms with van der Waals surface area (Å²) < 4.78 is 24.9. The van der Waals surface area contributed by atoms with Crippen LogP contribution in [-0.2, 0) is 5.33 Å². The van der Waals surface area contributed by atoms with Crippen molar-refractivity contribution in [2.75, 3.05) is 0 Å². The number of hydrogen-bond donors (Lipinski definition) is 1. The third-order valence-electron chi connectivity index (χ3n) is 2.01. The lowest BCUT2D eigenvalue weighted by Crippen LogP contribution is -2.05. The number of hydrogen-bond acceptors (Lipinski definition) is 2. The Morgan fingerprint density at radius 1 is 1.56 bits per heavy atom. The predicted octanol–water partition coefficient (Wildman–Crippen LogP) is 3.09. The maximum absolute atomic E-state index is 12.4. The summed E-state index contributed by atoms with van der Waals surface area (Å²) in [6, 6.07) is 3.61. The molecule has 0 radical (unpaired) electrons. The smallest absolute Gasteiger partial charge is 0.336 e. The average Bonchev–Trinajstić information content (AvgIpc) is 2.26. The number of carboxylic acid groups (broad SMARTS) is 1. The van der Waals surface area contributed by atoms with E-state index in [1.54, 1.807) is 6.07 Å². The van der Waals surface area contributed by atoms with Crippen LogP contribution in [0, 0.1) is 11.3 Å². The minimum atomic E-state index is -2.80. The molecule has 0 aliphatic rings. The molecule has 0 heterocycles. The summed E-state index contributed by atoms with van der Waals surface area (Å²) in [6.07, 6.45) is -2.80. The molecule has 3 nitrogen and oxygen atoms in total. The number of aromatic carboxylic acids is 1. The van der Waals surface area contributed by atoms with E-state index in [1.165, 1.54) is 0 Å². The van der Waals surface area contributed by atoms with Crippen molar-refractivity contribution in [1.29, 1.82) is 5.26 Å². The fourth-order valence-electron chi connectivity index (χ4n) is 1.25. The number of carboxylic acids is 1. The number of rotatable bonds is 3. The third-order valence-corrected chi connectivity index (χ3v) is 2.57. The van der Waals surface area contributed by atoms with Gasteiger partial charge in [-0.15, -0.1) is 0 Å². The molecule has 16 heavy (non-hydrogen) atoms. The van der Waals surface area contributed by atoms with Crippen LogP contribution < -0.4 is 0 Å². The molecular formula is C10H6BrF2NO2. The summed E-state index contributed by atoms with van der Waals surface area (Å²) in [5, 5.41) is 17.7.